The average Bonchev–Trinajstić information content (AvgIpc) is 2.56. The number of rotatable bonds is 3. The molecule has 2 aromatic carbocycles. The molecular weight excluding hydrogens is 293 g/mol. The van der Waals surface area contributed by atoms with Crippen LogP contribution in [0.25, 0.3) is 0 Å². The zero-order valence-corrected chi connectivity index (χ0v) is 12.9. The molecule has 2 aromatic rings. The van der Waals surface area contributed by atoms with Crippen LogP contribution in [-0.4, -0.2) is 25.8 Å². The maximum absolute atomic E-state index is 13.6. The van der Waals surface area contributed by atoms with E-state index in [4.69, 9.17) is 10.00 Å². The summed E-state index contributed by atoms with van der Waals surface area (Å²) >= 11 is 0. The van der Waals surface area contributed by atoms with Crippen LogP contribution in [0.5, 0.6) is 0 Å². The van der Waals surface area contributed by atoms with Crippen molar-refractivity contribution in [3.8, 4) is 6.07 Å². The molecule has 0 bridgehead atoms. The second-order valence-electron chi connectivity index (χ2n) is 5.56. The molecule has 0 radical (unpaired) electrons. The molecule has 4 nitrogen and oxygen atoms in total. The Kier molecular flexibility index (Phi) is 4.45. The molecule has 0 aromatic heterocycles. The number of halogens is 1. The van der Waals surface area contributed by atoms with Gasteiger partial charge in [-0.3, -0.25) is 0 Å². The van der Waals surface area contributed by atoms with Gasteiger partial charge in [0.1, 0.15) is 17.4 Å². The van der Waals surface area contributed by atoms with Crippen molar-refractivity contribution in [3.63, 3.8) is 0 Å². The third kappa shape index (κ3) is 3.27. The van der Waals surface area contributed by atoms with Gasteiger partial charge < -0.3 is 15.0 Å². The summed E-state index contributed by atoms with van der Waals surface area (Å²) in [6.45, 7) is 4.47. The van der Waals surface area contributed by atoms with E-state index in [-0.39, 0.29) is 5.56 Å². The Bertz CT molecular complexity index is 724. The number of nitrogens with one attached hydrogen (secondary N) is 1. The molecule has 0 saturated carbocycles. The largest absolute Gasteiger partial charge is 0.377 e. The van der Waals surface area contributed by atoms with Gasteiger partial charge in [-0.25, -0.2) is 4.39 Å². The first-order valence-corrected chi connectivity index (χ1v) is 7.59. The lowest BCUT2D eigenvalue weighted by Crippen LogP contribution is -2.43. The van der Waals surface area contributed by atoms with Gasteiger partial charge in [0.25, 0.3) is 0 Å². The summed E-state index contributed by atoms with van der Waals surface area (Å²) in [5.41, 5.74) is 2.45. The van der Waals surface area contributed by atoms with Gasteiger partial charge in [-0.05, 0) is 43.3 Å². The normalized spacial score (nSPS) is 17.6. The first kappa shape index (κ1) is 15.3. The smallest absolute Gasteiger partial charge is 0.143 e. The highest BCUT2D eigenvalue weighted by Gasteiger charge is 2.18. The van der Waals surface area contributed by atoms with Crippen LogP contribution in [0.2, 0.25) is 0 Å². The quantitative estimate of drug-likeness (QED) is 0.939. The molecule has 3 rings (SSSR count). The van der Waals surface area contributed by atoms with E-state index in [1.165, 1.54) is 6.07 Å². The summed E-state index contributed by atoms with van der Waals surface area (Å²) in [4.78, 5) is 2.30. The molecule has 1 unspecified atom stereocenters. The lowest BCUT2D eigenvalue weighted by molar-refractivity contribution is 0.0989. The summed E-state index contributed by atoms with van der Waals surface area (Å²) in [7, 11) is 0. The number of nitrogens with zero attached hydrogens (tertiary/aromatic N) is 2. The van der Waals surface area contributed by atoms with Crippen molar-refractivity contribution in [2.24, 2.45) is 0 Å². The lowest BCUT2D eigenvalue weighted by atomic mass is 10.1. The molecule has 1 fully saturated rings. The van der Waals surface area contributed by atoms with E-state index in [0.29, 0.717) is 11.7 Å². The number of nitriles is 1. The fraction of sp³-hybridized carbons (Fsp3) is 0.278. The van der Waals surface area contributed by atoms with Crippen LogP contribution in [0.3, 0.4) is 0 Å². The fourth-order valence-corrected chi connectivity index (χ4v) is 2.74. The molecule has 1 aliphatic heterocycles. The Balaban J connectivity index is 1.78. The van der Waals surface area contributed by atoms with E-state index in [1.54, 1.807) is 12.1 Å². The van der Waals surface area contributed by atoms with Crippen molar-refractivity contribution < 1.29 is 9.13 Å². The van der Waals surface area contributed by atoms with Crippen molar-refractivity contribution in [1.29, 1.82) is 5.26 Å². The number of hydrogen-bond donors (Lipinski definition) is 1. The summed E-state index contributed by atoms with van der Waals surface area (Å²) in [5, 5.41) is 12.2. The van der Waals surface area contributed by atoms with Crippen LogP contribution in [0.1, 0.15) is 12.5 Å². The number of ether oxygens (including phenoxy) is 1. The molecule has 0 spiro atoms. The van der Waals surface area contributed by atoms with Gasteiger partial charge >= 0.3 is 0 Å². The molecule has 1 aliphatic rings. The van der Waals surface area contributed by atoms with Crippen LogP contribution in [0, 0.1) is 17.1 Å². The first-order chi connectivity index (χ1) is 11.2. The highest BCUT2D eigenvalue weighted by molar-refractivity contribution is 5.68. The zero-order chi connectivity index (χ0) is 16.2. The van der Waals surface area contributed by atoms with Crippen molar-refractivity contribution >= 4 is 17.1 Å². The van der Waals surface area contributed by atoms with Gasteiger partial charge in [-0.15, -0.1) is 0 Å². The number of benzene rings is 2. The minimum Gasteiger partial charge on any atom is -0.377 e. The van der Waals surface area contributed by atoms with Gasteiger partial charge in [-0.2, -0.15) is 5.26 Å². The fourth-order valence-electron chi connectivity index (χ4n) is 2.74. The van der Waals surface area contributed by atoms with Crippen molar-refractivity contribution in [3.05, 3.63) is 53.8 Å². The highest BCUT2D eigenvalue weighted by Crippen LogP contribution is 2.26. The molecule has 0 amide bonds. The van der Waals surface area contributed by atoms with E-state index >= 15 is 0 Å². The average molecular weight is 311 g/mol. The number of anilines is 3. The Morgan fingerprint density at radius 3 is 2.74 bits per heavy atom. The van der Waals surface area contributed by atoms with Gasteiger partial charge in [0.15, 0.2) is 0 Å². The molecule has 23 heavy (non-hydrogen) atoms. The van der Waals surface area contributed by atoms with Crippen LogP contribution in [0.15, 0.2) is 42.5 Å². The molecule has 1 heterocycles. The van der Waals surface area contributed by atoms with Crippen LogP contribution >= 0.6 is 0 Å². The van der Waals surface area contributed by atoms with Crippen LogP contribution in [0.4, 0.5) is 21.5 Å². The van der Waals surface area contributed by atoms with E-state index in [9.17, 15) is 4.39 Å². The number of hydrogen-bond acceptors (Lipinski definition) is 4. The molecule has 1 atom stereocenters. The monoisotopic (exact) mass is 311 g/mol. The maximum atomic E-state index is 13.6. The topological polar surface area (TPSA) is 48.3 Å². The van der Waals surface area contributed by atoms with Crippen molar-refractivity contribution in [1.82, 2.24) is 0 Å². The Morgan fingerprint density at radius 2 is 2.04 bits per heavy atom. The molecule has 5 heteroatoms. The van der Waals surface area contributed by atoms with Crippen molar-refractivity contribution in [2.75, 3.05) is 30.0 Å². The predicted octanol–water partition coefficient (Wildman–Crippen LogP) is 3.67. The van der Waals surface area contributed by atoms with Gasteiger partial charge in [0, 0.05) is 24.0 Å². The predicted molar refractivity (Wildman–Crippen MR) is 88.5 cm³/mol. The molecular formula is C18H18FN3O. The van der Waals surface area contributed by atoms with E-state index in [2.05, 4.69) is 17.1 Å². The van der Waals surface area contributed by atoms with Crippen molar-refractivity contribution in [2.45, 2.75) is 13.0 Å². The highest BCUT2D eigenvalue weighted by atomic mass is 19.1. The third-order valence-corrected chi connectivity index (χ3v) is 3.97. The molecule has 1 N–H and O–H groups in total. The Morgan fingerprint density at radius 1 is 1.26 bits per heavy atom. The zero-order valence-electron chi connectivity index (χ0n) is 12.9. The Labute approximate surface area is 135 Å². The maximum Gasteiger partial charge on any atom is 0.143 e. The molecule has 0 aliphatic carbocycles. The SMILES string of the molecule is CC1COCCN1c1ccc(Nc2cccc(F)c2C#N)cc1. The standard InChI is InChI=1S/C18H18FN3O/c1-13-12-23-10-9-22(13)15-7-5-14(6-8-15)21-18-4-2-3-17(19)16(18)11-20/h2-8,13,21H,9-10,12H2,1H3. The van der Waals surface area contributed by atoms with Crippen LogP contribution < -0.4 is 10.2 Å². The first-order valence-electron chi connectivity index (χ1n) is 7.59. The van der Waals surface area contributed by atoms with Crippen LogP contribution in [-0.2, 0) is 4.74 Å². The molecule has 1 saturated heterocycles. The van der Waals surface area contributed by atoms with E-state index in [1.807, 2.05) is 30.3 Å². The Hall–Kier alpha value is -2.58. The second kappa shape index (κ2) is 6.67. The summed E-state index contributed by atoms with van der Waals surface area (Å²) < 4.78 is 19.1. The third-order valence-electron chi connectivity index (χ3n) is 3.97. The second-order valence-corrected chi connectivity index (χ2v) is 5.56. The summed E-state index contributed by atoms with van der Waals surface area (Å²) in [6, 6.07) is 14.7. The van der Waals surface area contributed by atoms with E-state index < -0.39 is 5.82 Å². The van der Waals surface area contributed by atoms with Gasteiger partial charge in [0.05, 0.1) is 18.9 Å². The minimum absolute atomic E-state index is 0.0263. The van der Waals surface area contributed by atoms with E-state index in [0.717, 1.165) is 31.1 Å². The summed E-state index contributed by atoms with van der Waals surface area (Å²) in [5.74, 6) is -0.517. The van der Waals surface area contributed by atoms with Gasteiger partial charge in [0.2, 0.25) is 0 Å². The van der Waals surface area contributed by atoms with Gasteiger partial charge in [-0.1, -0.05) is 6.07 Å². The summed E-state index contributed by atoms with van der Waals surface area (Å²) in [6.07, 6.45) is 0. The molecule has 118 valence electrons. The lowest BCUT2D eigenvalue weighted by Gasteiger charge is -2.35. The minimum atomic E-state index is -0.517. The number of morpholine rings is 1.